The number of fused-ring (bicyclic) bond motifs is 3. The summed E-state index contributed by atoms with van der Waals surface area (Å²) in [6.07, 6.45) is -1.09. The average Bonchev–Trinajstić information content (AvgIpc) is 3.55. The predicted octanol–water partition coefficient (Wildman–Crippen LogP) is 1.90. The van der Waals surface area contributed by atoms with Crippen LogP contribution in [0.1, 0.15) is 23.5 Å². The molecule has 4 atom stereocenters. The highest BCUT2D eigenvalue weighted by atomic mass is 16.6. The fourth-order valence-electron chi connectivity index (χ4n) is 4.99. The molecule has 2 heterocycles. The van der Waals surface area contributed by atoms with Gasteiger partial charge in [-0.05, 0) is 28.7 Å². The Morgan fingerprint density at radius 2 is 1.62 bits per heavy atom. The Bertz CT molecular complexity index is 1060. The number of carbonyl (C=O) groups excluding carboxylic acids is 2. The van der Waals surface area contributed by atoms with E-state index in [2.05, 4.69) is 22.8 Å². The zero-order chi connectivity index (χ0) is 23.7. The number of alkyl carbamates (subject to hydrolysis) is 1. The highest BCUT2D eigenvalue weighted by Crippen LogP contribution is 2.44. The molecule has 178 valence electrons. The Labute approximate surface area is 196 Å². The largest absolute Gasteiger partial charge is 0.481 e. The highest BCUT2D eigenvalue weighted by molar-refractivity contribution is 5.84. The van der Waals surface area contributed by atoms with Crippen molar-refractivity contribution in [1.29, 1.82) is 0 Å². The SMILES string of the molecule is O=C(N[C@H]1CCO[C@H]1C(=O)NC1COCC1C(=O)O)OCC1c2ccccc2-c2ccccc21. The highest BCUT2D eigenvalue weighted by Gasteiger charge is 2.40. The molecule has 34 heavy (non-hydrogen) atoms. The number of amides is 2. The molecule has 0 bridgehead atoms. The number of aliphatic carboxylic acids is 1. The summed E-state index contributed by atoms with van der Waals surface area (Å²) in [6.45, 7) is 0.646. The van der Waals surface area contributed by atoms with E-state index in [0.29, 0.717) is 13.0 Å². The van der Waals surface area contributed by atoms with Gasteiger partial charge in [0.15, 0.2) is 6.10 Å². The van der Waals surface area contributed by atoms with Gasteiger partial charge in [0, 0.05) is 12.5 Å². The molecule has 2 aromatic rings. The van der Waals surface area contributed by atoms with Crippen molar-refractivity contribution in [3.63, 3.8) is 0 Å². The molecule has 2 unspecified atom stereocenters. The van der Waals surface area contributed by atoms with Gasteiger partial charge in [-0.2, -0.15) is 0 Å². The smallest absolute Gasteiger partial charge is 0.407 e. The molecule has 0 spiro atoms. The Kier molecular flexibility index (Phi) is 6.21. The van der Waals surface area contributed by atoms with E-state index >= 15 is 0 Å². The maximum absolute atomic E-state index is 12.7. The number of carboxylic acid groups (broad SMARTS) is 1. The summed E-state index contributed by atoms with van der Waals surface area (Å²) in [6, 6.07) is 15.0. The van der Waals surface area contributed by atoms with Crippen molar-refractivity contribution < 1.29 is 33.7 Å². The molecule has 5 rings (SSSR count). The first-order chi connectivity index (χ1) is 16.5. The number of nitrogens with one attached hydrogen (secondary N) is 2. The van der Waals surface area contributed by atoms with Gasteiger partial charge in [-0.15, -0.1) is 0 Å². The lowest BCUT2D eigenvalue weighted by atomic mass is 9.98. The Morgan fingerprint density at radius 3 is 2.29 bits per heavy atom. The normalized spacial score (nSPS) is 25.4. The minimum atomic E-state index is -1.02. The second-order valence-corrected chi connectivity index (χ2v) is 8.75. The number of hydrogen-bond donors (Lipinski definition) is 3. The van der Waals surface area contributed by atoms with Crippen LogP contribution in [-0.4, -0.2) is 67.7 Å². The number of carboxylic acids is 1. The Morgan fingerprint density at radius 1 is 0.941 bits per heavy atom. The average molecular weight is 466 g/mol. The number of carbonyl (C=O) groups is 3. The summed E-state index contributed by atoms with van der Waals surface area (Å²) in [7, 11) is 0. The molecule has 2 aromatic carbocycles. The number of benzene rings is 2. The second-order valence-electron chi connectivity index (χ2n) is 8.75. The molecule has 0 radical (unpaired) electrons. The van der Waals surface area contributed by atoms with E-state index in [1.54, 1.807) is 0 Å². The lowest BCUT2D eigenvalue weighted by Crippen LogP contribution is -2.52. The molecule has 2 aliphatic heterocycles. The summed E-state index contributed by atoms with van der Waals surface area (Å²) in [5, 5.41) is 14.7. The van der Waals surface area contributed by atoms with E-state index < -0.39 is 42.1 Å². The Hall–Kier alpha value is -3.43. The van der Waals surface area contributed by atoms with Crippen LogP contribution >= 0.6 is 0 Å². The van der Waals surface area contributed by atoms with Crippen LogP contribution in [0.3, 0.4) is 0 Å². The third-order valence-corrected chi connectivity index (χ3v) is 6.72. The molecular formula is C25H26N2O7. The van der Waals surface area contributed by atoms with E-state index in [9.17, 15) is 19.5 Å². The molecule has 3 aliphatic rings. The summed E-state index contributed by atoms with van der Waals surface area (Å²) in [4.78, 5) is 36.7. The molecule has 2 amide bonds. The van der Waals surface area contributed by atoms with Crippen molar-refractivity contribution in [1.82, 2.24) is 10.6 Å². The van der Waals surface area contributed by atoms with Crippen LogP contribution < -0.4 is 10.6 Å². The molecule has 9 heteroatoms. The fourth-order valence-corrected chi connectivity index (χ4v) is 4.99. The van der Waals surface area contributed by atoms with Crippen LogP contribution in [0.4, 0.5) is 4.79 Å². The summed E-state index contributed by atoms with van der Waals surface area (Å²) >= 11 is 0. The van der Waals surface area contributed by atoms with Gasteiger partial charge in [0.1, 0.15) is 12.5 Å². The number of hydrogen-bond acceptors (Lipinski definition) is 6. The lowest BCUT2D eigenvalue weighted by Gasteiger charge is -2.23. The fraction of sp³-hybridized carbons (Fsp3) is 0.400. The first kappa shape index (κ1) is 22.4. The molecule has 9 nitrogen and oxygen atoms in total. The van der Waals surface area contributed by atoms with E-state index in [4.69, 9.17) is 14.2 Å². The Balaban J connectivity index is 1.19. The van der Waals surface area contributed by atoms with Crippen molar-refractivity contribution in [2.45, 2.75) is 30.5 Å². The van der Waals surface area contributed by atoms with Crippen molar-refractivity contribution in [2.75, 3.05) is 26.4 Å². The zero-order valence-corrected chi connectivity index (χ0v) is 18.4. The van der Waals surface area contributed by atoms with Crippen molar-refractivity contribution in [3.05, 3.63) is 59.7 Å². The van der Waals surface area contributed by atoms with Gasteiger partial charge in [-0.1, -0.05) is 48.5 Å². The molecular weight excluding hydrogens is 440 g/mol. The van der Waals surface area contributed by atoms with Crippen LogP contribution in [0.25, 0.3) is 11.1 Å². The van der Waals surface area contributed by atoms with Gasteiger partial charge >= 0.3 is 12.1 Å². The first-order valence-corrected chi connectivity index (χ1v) is 11.4. The third kappa shape index (κ3) is 4.24. The van der Waals surface area contributed by atoms with E-state index in [0.717, 1.165) is 22.3 Å². The monoisotopic (exact) mass is 466 g/mol. The molecule has 1 aliphatic carbocycles. The number of ether oxygens (including phenoxy) is 3. The van der Waals surface area contributed by atoms with E-state index in [1.165, 1.54) is 0 Å². The molecule has 0 aromatic heterocycles. The van der Waals surface area contributed by atoms with Crippen LogP contribution in [0.15, 0.2) is 48.5 Å². The van der Waals surface area contributed by atoms with Crippen LogP contribution in [-0.2, 0) is 23.8 Å². The van der Waals surface area contributed by atoms with Gasteiger partial charge in [0.05, 0.1) is 25.3 Å². The van der Waals surface area contributed by atoms with Gasteiger partial charge in [0.25, 0.3) is 5.91 Å². The quantitative estimate of drug-likeness (QED) is 0.594. The van der Waals surface area contributed by atoms with Crippen LogP contribution in [0, 0.1) is 5.92 Å². The van der Waals surface area contributed by atoms with Crippen LogP contribution in [0.5, 0.6) is 0 Å². The summed E-state index contributed by atoms with van der Waals surface area (Å²) in [5.41, 5.74) is 4.52. The maximum Gasteiger partial charge on any atom is 0.407 e. The van der Waals surface area contributed by atoms with E-state index in [-0.39, 0.29) is 25.7 Å². The summed E-state index contributed by atoms with van der Waals surface area (Å²) in [5.74, 6) is -2.36. The van der Waals surface area contributed by atoms with E-state index in [1.807, 2.05) is 36.4 Å². The molecule has 3 N–H and O–H groups in total. The molecule has 2 fully saturated rings. The maximum atomic E-state index is 12.7. The lowest BCUT2D eigenvalue weighted by molar-refractivity contribution is -0.142. The number of rotatable bonds is 6. The topological polar surface area (TPSA) is 123 Å². The zero-order valence-electron chi connectivity index (χ0n) is 18.4. The third-order valence-electron chi connectivity index (χ3n) is 6.72. The molecule has 0 saturated carbocycles. The predicted molar refractivity (Wildman–Crippen MR) is 120 cm³/mol. The summed E-state index contributed by atoms with van der Waals surface area (Å²) < 4.78 is 16.3. The molecule has 2 saturated heterocycles. The van der Waals surface area contributed by atoms with Gasteiger partial charge in [-0.25, -0.2) is 4.79 Å². The van der Waals surface area contributed by atoms with Gasteiger partial charge in [0.2, 0.25) is 0 Å². The second kappa shape index (κ2) is 9.44. The van der Waals surface area contributed by atoms with Crippen LogP contribution in [0.2, 0.25) is 0 Å². The van der Waals surface area contributed by atoms with Crippen molar-refractivity contribution >= 4 is 18.0 Å². The van der Waals surface area contributed by atoms with Gasteiger partial charge < -0.3 is 30.0 Å². The minimum Gasteiger partial charge on any atom is -0.481 e. The minimum absolute atomic E-state index is 0.0488. The first-order valence-electron chi connectivity index (χ1n) is 11.4. The van der Waals surface area contributed by atoms with Gasteiger partial charge in [-0.3, -0.25) is 9.59 Å². The van der Waals surface area contributed by atoms with Crippen molar-refractivity contribution in [3.8, 4) is 11.1 Å². The van der Waals surface area contributed by atoms with Crippen molar-refractivity contribution in [2.24, 2.45) is 5.92 Å². The standard InChI is InChI=1S/C25H26N2O7/c28-23(26-21-13-32-11-19(21)24(29)30)22-20(9-10-33-22)27-25(31)34-12-18-16-7-3-1-5-14(16)15-6-2-4-8-17(15)18/h1-8,18-22H,9-13H2,(H,26,28)(H,27,31)(H,29,30)/t19?,20-,21?,22+/m0/s1.